The van der Waals surface area contributed by atoms with E-state index in [2.05, 4.69) is 63.3 Å². The van der Waals surface area contributed by atoms with Crippen molar-refractivity contribution in [2.75, 3.05) is 46.3 Å². The molecule has 140 valence electrons. The first-order chi connectivity index (χ1) is 10.9. The third-order valence-electron chi connectivity index (χ3n) is 4.77. The van der Waals surface area contributed by atoms with Crippen molar-refractivity contribution in [1.29, 1.82) is 0 Å². The standard InChI is InChI=1S/C11H25N.C9H20N2/c1-6-7-8-9-12(10(2)3)11(4)5;1-3-4-5-11-8-6-10(2)7-9-11/h10-11H,6-9H2,1-5H3;3-9H2,1-2H3. The van der Waals surface area contributed by atoms with E-state index in [1.165, 1.54) is 71.4 Å². The predicted molar refractivity (Wildman–Crippen MR) is 105 cm³/mol. The molecule has 0 N–H and O–H groups in total. The molecule has 1 fully saturated rings. The number of rotatable bonds is 9. The summed E-state index contributed by atoms with van der Waals surface area (Å²) in [6, 6.07) is 1.39. The number of likely N-dealkylation sites (N-methyl/N-ethyl adjacent to an activating group) is 1. The maximum Gasteiger partial charge on any atom is 0.0110 e. The zero-order chi connectivity index (χ0) is 17.7. The van der Waals surface area contributed by atoms with Gasteiger partial charge in [0.25, 0.3) is 0 Å². The highest BCUT2D eigenvalue weighted by molar-refractivity contribution is 4.68. The average molecular weight is 328 g/mol. The first-order valence-electron chi connectivity index (χ1n) is 10.1. The van der Waals surface area contributed by atoms with E-state index in [1.54, 1.807) is 0 Å². The molecule has 0 spiro atoms. The van der Waals surface area contributed by atoms with E-state index in [1.807, 2.05) is 0 Å². The molecule has 23 heavy (non-hydrogen) atoms. The lowest BCUT2D eigenvalue weighted by molar-refractivity contribution is 0.152. The minimum absolute atomic E-state index is 0.696. The molecule has 1 rings (SSSR count). The number of unbranched alkanes of at least 4 members (excludes halogenated alkanes) is 3. The maximum atomic E-state index is 2.57. The van der Waals surface area contributed by atoms with E-state index in [0.717, 1.165) is 0 Å². The molecule has 0 radical (unpaired) electrons. The first-order valence-corrected chi connectivity index (χ1v) is 10.1. The van der Waals surface area contributed by atoms with Crippen LogP contribution in [0.3, 0.4) is 0 Å². The average Bonchev–Trinajstić information content (AvgIpc) is 2.51. The Hall–Kier alpha value is -0.120. The molecule has 3 nitrogen and oxygen atoms in total. The van der Waals surface area contributed by atoms with Crippen molar-refractivity contribution in [2.45, 2.75) is 85.7 Å². The molecular formula is C20H45N3. The van der Waals surface area contributed by atoms with Crippen molar-refractivity contribution in [3.63, 3.8) is 0 Å². The van der Waals surface area contributed by atoms with Crippen molar-refractivity contribution < 1.29 is 0 Å². The summed E-state index contributed by atoms with van der Waals surface area (Å²) in [5, 5.41) is 0. The van der Waals surface area contributed by atoms with Crippen LogP contribution in [0.4, 0.5) is 0 Å². The van der Waals surface area contributed by atoms with Gasteiger partial charge in [0.15, 0.2) is 0 Å². The summed E-state index contributed by atoms with van der Waals surface area (Å²) < 4.78 is 0. The van der Waals surface area contributed by atoms with Crippen LogP contribution in [0.1, 0.15) is 73.6 Å². The minimum Gasteiger partial charge on any atom is -0.304 e. The van der Waals surface area contributed by atoms with Crippen molar-refractivity contribution >= 4 is 0 Å². The number of nitrogens with zero attached hydrogens (tertiary/aromatic N) is 3. The molecule has 1 heterocycles. The van der Waals surface area contributed by atoms with E-state index in [9.17, 15) is 0 Å². The van der Waals surface area contributed by atoms with Crippen LogP contribution in [0.25, 0.3) is 0 Å². The third kappa shape index (κ3) is 12.0. The minimum atomic E-state index is 0.696. The molecule has 3 heteroatoms. The van der Waals surface area contributed by atoms with Crippen molar-refractivity contribution in [3.05, 3.63) is 0 Å². The topological polar surface area (TPSA) is 9.72 Å². The quantitative estimate of drug-likeness (QED) is 0.584. The highest BCUT2D eigenvalue weighted by Crippen LogP contribution is 2.07. The number of hydrogen-bond donors (Lipinski definition) is 0. The van der Waals surface area contributed by atoms with Crippen LogP contribution in [0.5, 0.6) is 0 Å². The summed E-state index contributed by atoms with van der Waals surface area (Å²) in [6.07, 6.45) is 6.74. The van der Waals surface area contributed by atoms with Crippen LogP contribution >= 0.6 is 0 Å². The van der Waals surface area contributed by atoms with E-state index in [0.29, 0.717) is 12.1 Å². The highest BCUT2D eigenvalue weighted by Gasteiger charge is 2.12. The second-order valence-corrected chi connectivity index (χ2v) is 7.63. The summed E-state index contributed by atoms with van der Waals surface area (Å²) in [4.78, 5) is 7.54. The lowest BCUT2D eigenvalue weighted by Crippen LogP contribution is -2.44. The lowest BCUT2D eigenvalue weighted by atomic mass is 10.2. The van der Waals surface area contributed by atoms with Gasteiger partial charge in [0.05, 0.1) is 0 Å². The molecule has 0 aromatic heterocycles. The Morgan fingerprint density at radius 2 is 1.30 bits per heavy atom. The van der Waals surface area contributed by atoms with Crippen molar-refractivity contribution in [3.8, 4) is 0 Å². The molecule has 1 aliphatic rings. The summed E-state index contributed by atoms with van der Waals surface area (Å²) >= 11 is 0. The van der Waals surface area contributed by atoms with Crippen LogP contribution < -0.4 is 0 Å². The van der Waals surface area contributed by atoms with E-state index in [-0.39, 0.29) is 0 Å². The molecule has 0 aliphatic carbocycles. The van der Waals surface area contributed by atoms with Gasteiger partial charge in [-0.25, -0.2) is 0 Å². The Labute approximate surface area is 147 Å². The molecule has 0 aromatic rings. The Kier molecular flexibility index (Phi) is 14.2. The van der Waals surface area contributed by atoms with Gasteiger partial charge in [-0.05, 0) is 60.7 Å². The van der Waals surface area contributed by atoms with Crippen LogP contribution in [-0.2, 0) is 0 Å². The molecule has 1 aliphatic heterocycles. The van der Waals surface area contributed by atoms with Gasteiger partial charge in [-0.2, -0.15) is 0 Å². The van der Waals surface area contributed by atoms with Crippen LogP contribution in [0.15, 0.2) is 0 Å². The Balaban J connectivity index is 0.000000422. The Morgan fingerprint density at radius 3 is 1.74 bits per heavy atom. The molecule has 1 saturated heterocycles. The van der Waals surface area contributed by atoms with Crippen LogP contribution in [-0.4, -0.2) is 73.1 Å². The van der Waals surface area contributed by atoms with Gasteiger partial charge >= 0.3 is 0 Å². The summed E-state index contributed by atoms with van der Waals surface area (Å²) in [6.45, 7) is 21.3. The smallest absolute Gasteiger partial charge is 0.0110 e. The Bertz CT molecular complexity index is 235. The molecule has 0 amide bonds. The van der Waals surface area contributed by atoms with Gasteiger partial charge in [0, 0.05) is 38.3 Å². The Morgan fingerprint density at radius 1 is 0.783 bits per heavy atom. The second-order valence-electron chi connectivity index (χ2n) is 7.63. The number of piperazine rings is 1. The van der Waals surface area contributed by atoms with Gasteiger partial charge in [-0.3, -0.25) is 4.90 Å². The normalized spacial score (nSPS) is 17.0. The van der Waals surface area contributed by atoms with Gasteiger partial charge < -0.3 is 9.80 Å². The highest BCUT2D eigenvalue weighted by atomic mass is 15.2. The fourth-order valence-corrected chi connectivity index (χ4v) is 3.11. The van der Waals surface area contributed by atoms with E-state index in [4.69, 9.17) is 0 Å². The SMILES string of the molecule is CCCCCN(C(C)C)C(C)C.CCCCN1CCN(C)CC1. The summed E-state index contributed by atoms with van der Waals surface area (Å²) in [5.41, 5.74) is 0. The van der Waals surface area contributed by atoms with E-state index >= 15 is 0 Å². The van der Waals surface area contributed by atoms with Gasteiger partial charge in [-0.15, -0.1) is 0 Å². The zero-order valence-corrected chi connectivity index (χ0v) is 17.3. The van der Waals surface area contributed by atoms with Crippen LogP contribution in [0, 0.1) is 0 Å². The first kappa shape index (κ1) is 22.9. The molecule has 0 aromatic carbocycles. The maximum absolute atomic E-state index is 2.57. The van der Waals surface area contributed by atoms with Gasteiger partial charge in [0.2, 0.25) is 0 Å². The third-order valence-corrected chi connectivity index (χ3v) is 4.77. The molecule has 0 atom stereocenters. The fourth-order valence-electron chi connectivity index (χ4n) is 3.11. The zero-order valence-electron chi connectivity index (χ0n) is 17.3. The van der Waals surface area contributed by atoms with Crippen molar-refractivity contribution in [1.82, 2.24) is 14.7 Å². The molecule has 0 bridgehead atoms. The summed E-state index contributed by atoms with van der Waals surface area (Å²) in [5.74, 6) is 0. The largest absolute Gasteiger partial charge is 0.304 e. The molecule has 0 saturated carbocycles. The molecule has 0 unspecified atom stereocenters. The summed E-state index contributed by atoms with van der Waals surface area (Å²) in [7, 11) is 2.21. The lowest BCUT2D eigenvalue weighted by Gasteiger charge is -2.32. The van der Waals surface area contributed by atoms with E-state index < -0.39 is 0 Å². The fraction of sp³-hybridized carbons (Fsp3) is 1.00. The molecular weight excluding hydrogens is 282 g/mol. The van der Waals surface area contributed by atoms with Crippen molar-refractivity contribution in [2.24, 2.45) is 0 Å². The second kappa shape index (κ2) is 14.2. The van der Waals surface area contributed by atoms with Crippen LogP contribution in [0.2, 0.25) is 0 Å². The predicted octanol–water partition coefficient (Wildman–Crippen LogP) is 4.33. The van der Waals surface area contributed by atoms with Gasteiger partial charge in [0.1, 0.15) is 0 Å². The van der Waals surface area contributed by atoms with Gasteiger partial charge in [-0.1, -0.05) is 33.1 Å². The monoisotopic (exact) mass is 327 g/mol. The number of hydrogen-bond acceptors (Lipinski definition) is 3.